The fourth-order valence-electron chi connectivity index (χ4n) is 2.90. The van der Waals surface area contributed by atoms with Crippen LogP contribution in [0, 0.1) is 0 Å². The molecule has 28 heavy (non-hydrogen) atoms. The van der Waals surface area contributed by atoms with Crippen LogP contribution in [0.4, 0.5) is 0 Å². The normalized spacial score (nSPS) is 13.4. The molecule has 0 aliphatic carbocycles. The van der Waals surface area contributed by atoms with E-state index in [1.807, 2.05) is 0 Å². The second-order valence-corrected chi connectivity index (χ2v) is 10.1. The van der Waals surface area contributed by atoms with Gasteiger partial charge in [-0.2, -0.15) is 0 Å². The van der Waals surface area contributed by atoms with Crippen LogP contribution in [-0.2, 0) is 21.1 Å². The fraction of sp³-hybridized carbons (Fsp3) is 0.905. The average Bonchev–Trinajstić information content (AvgIpc) is 2.65. The Balaban J connectivity index is 3.21. The quantitative estimate of drug-likeness (QED) is 0.122. The summed E-state index contributed by atoms with van der Waals surface area (Å²) in [5.74, 6) is 0. The minimum atomic E-state index is -3.68. The highest BCUT2D eigenvalue weighted by Crippen LogP contribution is 2.36. The molecule has 0 amide bonds. The first-order chi connectivity index (χ1) is 13.5. The van der Waals surface area contributed by atoms with E-state index in [2.05, 4.69) is 35.4 Å². The number of hydrogen-bond donors (Lipinski definition) is 3. The number of hydrogen-bond acceptors (Lipinski definition) is 4. The van der Waals surface area contributed by atoms with E-state index in [1.165, 1.54) is 77.0 Å². The van der Waals surface area contributed by atoms with Crippen LogP contribution in [0.25, 0.3) is 0 Å². The number of aliphatic hydroxyl groups excluding tert-OH is 1. The van der Waals surface area contributed by atoms with E-state index in [0.717, 1.165) is 12.8 Å². The van der Waals surface area contributed by atoms with Crippen LogP contribution in [0.3, 0.4) is 0 Å². The zero-order chi connectivity index (χ0) is 20.9. The molecule has 0 spiro atoms. The lowest BCUT2D eigenvalue weighted by molar-refractivity contribution is 0.00838. The first kappa shape index (κ1) is 28.2. The van der Waals surface area contributed by atoms with Gasteiger partial charge in [0, 0.05) is 6.61 Å². The van der Waals surface area contributed by atoms with Gasteiger partial charge in [0.15, 0.2) is 0 Å². The van der Waals surface area contributed by atoms with Gasteiger partial charge in [0.2, 0.25) is 0 Å². The largest absolute Gasteiger partial charge is 0.388 e. The average molecular weight is 439 g/mol. The molecular formula is C21H43O5PS. The molecule has 168 valence electrons. The SMILES string of the molecule is CCCCCCCC/C=C\CCCCCCCCOCC(O)COP(O)(O)=S. The van der Waals surface area contributed by atoms with Crippen LogP contribution in [-0.4, -0.2) is 40.8 Å². The third kappa shape index (κ3) is 24.2. The van der Waals surface area contributed by atoms with E-state index in [0.29, 0.717) is 6.61 Å². The Hall–Kier alpha value is 0.190. The van der Waals surface area contributed by atoms with Crippen molar-refractivity contribution in [3.05, 3.63) is 12.2 Å². The van der Waals surface area contributed by atoms with Gasteiger partial charge in [-0.25, -0.2) is 0 Å². The molecule has 0 aromatic heterocycles. The van der Waals surface area contributed by atoms with Crippen molar-refractivity contribution in [2.24, 2.45) is 0 Å². The van der Waals surface area contributed by atoms with E-state index in [9.17, 15) is 5.11 Å². The first-order valence-electron chi connectivity index (χ1n) is 11.1. The van der Waals surface area contributed by atoms with Crippen molar-refractivity contribution in [3.8, 4) is 0 Å². The molecule has 0 bridgehead atoms. The molecule has 5 nitrogen and oxygen atoms in total. The lowest BCUT2D eigenvalue weighted by Gasteiger charge is -2.13. The van der Waals surface area contributed by atoms with Crippen LogP contribution < -0.4 is 0 Å². The Morgan fingerprint density at radius 3 is 1.82 bits per heavy atom. The van der Waals surface area contributed by atoms with Crippen molar-refractivity contribution < 1.29 is 24.2 Å². The Morgan fingerprint density at radius 1 is 0.786 bits per heavy atom. The zero-order valence-corrected chi connectivity index (χ0v) is 19.5. The molecule has 3 N–H and O–H groups in total. The Morgan fingerprint density at radius 2 is 1.29 bits per heavy atom. The summed E-state index contributed by atoms with van der Waals surface area (Å²) in [6, 6.07) is 0. The van der Waals surface area contributed by atoms with Crippen molar-refractivity contribution in [1.82, 2.24) is 0 Å². The number of aliphatic hydroxyl groups is 1. The van der Waals surface area contributed by atoms with Gasteiger partial charge in [0.05, 0.1) is 13.2 Å². The van der Waals surface area contributed by atoms with Crippen molar-refractivity contribution >= 4 is 18.5 Å². The van der Waals surface area contributed by atoms with Gasteiger partial charge in [-0.1, -0.05) is 76.9 Å². The van der Waals surface area contributed by atoms with E-state index < -0.39 is 12.8 Å². The Kier molecular flexibility index (Phi) is 20.6. The molecule has 0 radical (unpaired) electrons. The maximum atomic E-state index is 9.54. The van der Waals surface area contributed by atoms with E-state index in [4.69, 9.17) is 14.5 Å². The topological polar surface area (TPSA) is 79.2 Å². The molecule has 0 aliphatic heterocycles. The van der Waals surface area contributed by atoms with Gasteiger partial charge < -0.3 is 24.2 Å². The number of unbranched alkanes of at least 4 members (excludes halogenated alkanes) is 12. The van der Waals surface area contributed by atoms with Crippen LogP contribution >= 0.6 is 6.72 Å². The molecule has 1 atom stereocenters. The maximum absolute atomic E-state index is 9.54. The smallest absolute Gasteiger partial charge is 0.321 e. The summed E-state index contributed by atoms with van der Waals surface area (Å²) in [6.45, 7) is -0.908. The fourth-order valence-corrected chi connectivity index (χ4v) is 3.45. The molecule has 0 aromatic rings. The molecule has 0 aliphatic rings. The molecule has 0 fully saturated rings. The van der Waals surface area contributed by atoms with Crippen molar-refractivity contribution in [3.63, 3.8) is 0 Å². The number of ether oxygens (including phenoxy) is 1. The lowest BCUT2D eigenvalue weighted by atomic mass is 10.1. The van der Waals surface area contributed by atoms with Gasteiger partial charge >= 0.3 is 6.72 Å². The monoisotopic (exact) mass is 438 g/mol. The zero-order valence-electron chi connectivity index (χ0n) is 17.8. The highest BCUT2D eigenvalue weighted by molar-refractivity contribution is 8.06. The van der Waals surface area contributed by atoms with Gasteiger partial charge in [0.1, 0.15) is 6.10 Å². The Labute approximate surface area is 177 Å². The minimum absolute atomic E-state index is 0.125. The molecule has 0 heterocycles. The predicted molar refractivity (Wildman–Crippen MR) is 121 cm³/mol. The second-order valence-electron chi connectivity index (χ2n) is 7.45. The summed E-state index contributed by atoms with van der Waals surface area (Å²) in [5, 5.41) is 9.54. The third-order valence-electron chi connectivity index (χ3n) is 4.55. The highest BCUT2D eigenvalue weighted by Gasteiger charge is 2.12. The van der Waals surface area contributed by atoms with E-state index in [1.54, 1.807) is 0 Å². The molecular weight excluding hydrogens is 395 g/mol. The molecule has 7 heteroatoms. The lowest BCUT2D eigenvalue weighted by Crippen LogP contribution is -2.21. The summed E-state index contributed by atoms with van der Waals surface area (Å²) in [7, 11) is 0. The number of allylic oxidation sites excluding steroid dienone is 2. The van der Waals surface area contributed by atoms with Crippen LogP contribution in [0.2, 0.25) is 0 Å². The van der Waals surface area contributed by atoms with Crippen LogP contribution in [0.15, 0.2) is 12.2 Å². The Bertz CT molecular complexity index is 400. The third-order valence-corrected chi connectivity index (χ3v) is 5.35. The standard InChI is InChI=1S/C21H43O5PS/c1-2-3-4-5-6-7-8-9-10-11-12-13-14-15-16-17-18-25-19-21(22)20-26-27(23,24)28/h9-10,21-22H,2-8,11-20H2,1H3,(H2,23,24,28)/b10-9-. The van der Waals surface area contributed by atoms with E-state index in [-0.39, 0.29) is 13.2 Å². The van der Waals surface area contributed by atoms with Gasteiger partial charge in [-0.05, 0) is 43.9 Å². The van der Waals surface area contributed by atoms with Gasteiger partial charge in [-0.3, -0.25) is 0 Å². The highest BCUT2D eigenvalue weighted by atomic mass is 32.5. The number of rotatable bonds is 21. The van der Waals surface area contributed by atoms with Crippen molar-refractivity contribution in [1.29, 1.82) is 0 Å². The summed E-state index contributed by atoms with van der Waals surface area (Å²) in [6.07, 6.45) is 21.6. The van der Waals surface area contributed by atoms with Crippen LogP contribution in [0.1, 0.15) is 96.8 Å². The van der Waals surface area contributed by atoms with Crippen molar-refractivity contribution in [2.75, 3.05) is 19.8 Å². The summed E-state index contributed by atoms with van der Waals surface area (Å²) in [4.78, 5) is 17.8. The summed E-state index contributed by atoms with van der Waals surface area (Å²) >= 11 is 4.31. The maximum Gasteiger partial charge on any atom is 0.321 e. The molecule has 0 rings (SSSR count). The molecule has 0 saturated carbocycles. The van der Waals surface area contributed by atoms with Crippen LogP contribution in [0.5, 0.6) is 0 Å². The minimum Gasteiger partial charge on any atom is -0.388 e. The molecule has 0 saturated heterocycles. The second kappa shape index (κ2) is 20.5. The van der Waals surface area contributed by atoms with E-state index >= 15 is 0 Å². The first-order valence-corrected chi connectivity index (χ1v) is 13.7. The summed E-state index contributed by atoms with van der Waals surface area (Å²) < 4.78 is 9.94. The molecule has 0 aromatic carbocycles. The van der Waals surface area contributed by atoms with Gasteiger partial charge in [-0.15, -0.1) is 0 Å². The predicted octanol–water partition coefficient (Wildman–Crippen LogP) is 5.63. The summed E-state index contributed by atoms with van der Waals surface area (Å²) in [5.41, 5.74) is 0. The molecule has 1 unspecified atom stereocenters. The van der Waals surface area contributed by atoms with Gasteiger partial charge in [0.25, 0.3) is 0 Å². The van der Waals surface area contributed by atoms with Crippen molar-refractivity contribution in [2.45, 2.75) is 103 Å².